The van der Waals surface area contributed by atoms with Crippen molar-refractivity contribution in [3.8, 4) is 0 Å². The topological polar surface area (TPSA) is 0 Å². The van der Waals surface area contributed by atoms with Gasteiger partial charge in [-0.05, 0) is 5.92 Å². The summed E-state index contributed by atoms with van der Waals surface area (Å²) in [5.74, 6) is 0.648. The average Bonchev–Trinajstić information content (AvgIpc) is 1.38. The van der Waals surface area contributed by atoms with E-state index >= 15 is 0 Å². The van der Waals surface area contributed by atoms with Crippen LogP contribution in [-0.4, -0.2) is 0 Å². The minimum Gasteiger partial charge on any atom is -0.103 e. The van der Waals surface area contributed by atoms with Gasteiger partial charge in [-0.1, -0.05) is 19.9 Å². The molecular formula is C5H12. The first kappa shape index (κ1) is 4.74. The third kappa shape index (κ3) is 3.74. The van der Waals surface area contributed by atoms with E-state index in [2.05, 4.69) is 20.4 Å². The van der Waals surface area contributed by atoms with Crippen molar-refractivity contribution in [2.45, 2.75) is 13.8 Å². The van der Waals surface area contributed by atoms with Crippen LogP contribution in [0.25, 0.3) is 0 Å². The maximum Gasteiger partial charge on any atom is 0 e. The Bertz CT molecular complexity index is 30.9. The average molecular weight is 72.2 g/mol. The van der Waals surface area contributed by atoms with Crippen LogP contribution in [0.1, 0.15) is 15.3 Å². The number of rotatable bonds is 1. The van der Waals surface area contributed by atoms with Gasteiger partial charge >= 0.3 is 0 Å². The van der Waals surface area contributed by atoms with Crippen LogP contribution in [0.5, 0.6) is 0 Å². The van der Waals surface area contributed by atoms with E-state index < -0.39 is 0 Å². The molecule has 0 rings (SSSR count). The van der Waals surface area contributed by atoms with Crippen molar-refractivity contribution in [2.24, 2.45) is 5.92 Å². The van der Waals surface area contributed by atoms with Crippen LogP contribution in [0.3, 0.4) is 0 Å². The molecule has 0 heteroatoms. The van der Waals surface area contributed by atoms with Gasteiger partial charge in [0.05, 0.1) is 0 Å². The highest BCUT2D eigenvalue weighted by atomic mass is 13.8. The molecule has 0 nitrogen and oxygen atoms in total. The van der Waals surface area contributed by atoms with Gasteiger partial charge in [0.2, 0.25) is 0 Å². The minimum atomic E-state index is 0. The first-order valence-corrected chi connectivity index (χ1v) is 1.90. The highest BCUT2D eigenvalue weighted by molar-refractivity contribution is 4.69. The lowest BCUT2D eigenvalue weighted by atomic mass is 10.2. The molecule has 0 heterocycles. The van der Waals surface area contributed by atoms with Gasteiger partial charge in [0, 0.05) is 1.43 Å². The Hall–Kier alpha value is -0.260. The molecule has 0 aliphatic heterocycles. The lowest BCUT2D eigenvalue weighted by molar-refractivity contribution is 0.835. The van der Waals surface area contributed by atoms with Gasteiger partial charge in [-0.15, -0.1) is 6.58 Å². The van der Waals surface area contributed by atoms with Gasteiger partial charge < -0.3 is 0 Å². The summed E-state index contributed by atoms with van der Waals surface area (Å²) in [6, 6.07) is 0. The summed E-state index contributed by atoms with van der Waals surface area (Å²) in [7, 11) is 0. The lowest BCUT2D eigenvalue weighted by Crippen LogP contribution is -1.71. The van der Waals surface area contributed by atoms with E-state index in [1.807, 2.05) is 6.08 Å². The fourth-order valence-electron chi connectivity index (χ4n) is 0. The quantitative estimate of drug-likeness (QED) is 0.416. The molecule has 5 heavy (non-hydrogen) atoms. The predicted octanol–water partition coefficient (Wildman–Crippen LogP) is 2.07. The molecule has 0 aromatic rings. The van der Waals surface area contributed by atoms with Crippen LogP contribution >= 0.6 is 0 Å². The Morgan fingerprint density at radius 3 is 2.00 bits per heavy atom. The maximum atomic E-state index is 3.56. The van der Waals surface area contributed by atoms with E-state index in [9.17, 15) is 0 Å². The summed E-state index contributed by atoms with van der Waals surface area (Å²) in [4.78, 5) is 0. The van der Waals surface area contributed by atoms with E-state index in [1.54, 1.807) is 0 Å². The van der Waals surface area contributed by atoms with Gasteiger partial charge in [0.15, 0.2) is 0 Å². The van der Waals surface area contributed by atoms with Crippen molar-refractivity contribution < 1.29 is 1.43 Å². The van der Waals surface area contributed by atoms with Crippen molar-refractivity contribution in [1.82, 2.24) is 0 Å². The van der Waals surface area contributed by atoms with Gasteiger partial charge in [-0.3, -0.25) is 0 Å². The second-order valence-corrected chi connectivity index (χ2v) is 1.48. The van der Waals surface area contributed by atoms with Crippen molar-refractivity contribution >= 4 is 0 Å². The standard InChI is InChI=1S/C5H10.H2/c1-4-5(2)3;/h4-5H,1H2,2-3H3;1H. The third-order valence-corrected chi connectivity index (χ3v) is 0.471. The van der Waals surface area contributed by atoms with Crippen molar-refractivity contribution in [3.05, 3.63) is 12.7 Å². The van der Waals surface area contributed by atoms with Crippen LogP contribution in [0.2, 0.25) is 0 Å². The molecule has 0 fully saturated rings. The summed E-state index contributed by atoms with van der Waals surface area (Å²) in [5, 5.41) is 0. The zero-order chi connectivity index (χ0) is 4.28. The zero-order valence-electron chi connectivity index (χ0n) is 3.86. The molecule has 0 aliphatic carbocycles. The summed E-state index contributed by atoms with van der Waals surface area (Å²) in [5.41, 5.74) is 0. The number of allylic oxidation sites excluding steroid dienone is 1. The van der Waals surface area contributed by atoms with E-state index in [-0.39, 0.29) is 1.43 Å². The van der Waals surface area contributed by atoms with Gasteiger partial charge in [0.25, 0.3) is 0 Å². The van der Waals surface area contributed by atoms with E-state index in [0.29, 0.717) is 5.92 Å². The highest BCUT2D eigenvalue weighted by Gasteiger charge is 1.73. The first-order valence-electron chi connectivity index (χ1n) is 1.90. The monoisotopic (exact) mass is 72.1 g/mol. The Morgan fingerprint density at radius 2 is 2.00 bits per heavy atom. The van der Waals surface area contributed by atoms with Crippen LogP contribution in [0.4, 0.5) is 0 Å². The number of hydrogen-bond acceptors (Lipinski definition) is 0. The van der Waals surface area contributed by atoms with Gasteiger partial charge in [-0.25, -0.2) is 0 Å². The van der Waals surface area contributed by atoms with Gasteiger partial charge in [0.1, 0.15) is 0 Å². The molecule has 0 bridgehead atoms. The lowest BCUT2D eigenvalue weighted by Gasteiger charge is -1.84. The summed E-state index contributed by atoms with van der Waals surface area (Å²) in [6.45, 7) is 7.77. The van der Waals surface area contributed by atoms with Crippen molar-refractivity contribution in [1.29, 1.82) is 0 Å². The molecule has 0 amide bonds. The second kappa shape index (κ2) is 2.01. The first-order chi connectivity index (χ1) is 2.27. The summed E-state index contributed by atoms with van der Waals surface area (Å²) >= 11 is 0. The summed E-state index contributed by atoms with van der Waals surface area (Å²) in [6.07, 6.45) is 1.92. The maximum absolute atomic E-state index is 3.56. The smallest absolute Gasteiger partial charge is 0 e. The minimum absolute atomic E-state index is 0. The van der Waals surface area contributed by atoms with Crippen LogP contribution < -0.4 is 0 Å². The predicted molar refractivity (Wildman–Crippen MR) is 27.1 cm³/mol. The van der Waals surface area contributed by atoms with Gasteiger partial charge in [-0.2, -0.15) is 0 Å². The molecule has 0 unspecified atom stereocenters. The molecular weight excluding hydrogens is 60.1 g/mol. The van der Waals surface area contributed by atoms with Crippen molar-refractivity contribution in [3.63, 3.8) is 0 Å². The zero-order valence-corrected chi connectivity index (χ0v) is 3.86. The Balaban J connectivity index is 0. The molecule has 0 spiro atoms. The van der Waals surface area contributed by atoms with Crippen LogP contribution in [0.15, 0.2) is 12.7 Å². The number of hydrogen-bond donors (Lipinski definition) is 0. The fraction of sp³-hybridized carbons (Fsp3) is 0.600. The van der Waals surface area contributed by atoms with Crippen LogP contribution in [0, 0.1) is 5.92 Å². The van der Waals surface area contributed by atoms with E-state index in [1.165, 1.54) is 0 Å². The molecule has 0 atom stereocenters. The SMILES string of the molecule is C=CC(C)C.[HH]. The summed E-state index contributed by atoms with van der Waals surface area (Å²) < 4.78 is 0. The normalized spacial score (nSPS) is 8.60. The molecule has 0 aromatic heterocycles. The Kier molecular flexibility index (Phi) is 1.90. The van der Waals surface area contributed by atoms with E-state index in [0.717, 1.165) is 0 Å². The molecule has 0 saturated carbocycles. The molecule has 0 saturated heterocycles. The van der Waals surface area contributed by atoms with E-state index in [4.69, 9.17) is 0 Å². The fourth-order valence-corrected chi connectivity index (χ4v) is 0. The Morgan fingerprint density at radius 1 is 1.80 bits per heavy atom. The second-order valence-electron chi connectivity index (χ2n) is 1.48. The molecule has 0 N–H and O–H groups in total. The third-order valence-electron chi connectivity index (χ3n) is 0.471. The molecule has 0 aromatic carbocycles. The van der Waals surface area contributed by atoms with Crippen LogP contribution in [-0.2, 0) is 0 Å². The Labute approximate surface area is 35.0 Å². The molecule has 32 valence electrons. The largest absolute Gasteiger partial charge is 0.103 e. The van der Waals surface area contributed by atoms with Crippen molar-refractivity contribution in [2.75, 3.05) is 0 Å². The molecule has 0 radical (unpaired) electrons. The molecule has 0 aliphatic rings. The highest BCUT2D eigenvalue weighted by Crippen LogP contribution is 1.87.